The lowest BCUT2D eigenvalue weighted by atomic mass is 9.97. The van der Waals surface area contributed by atoms with Crippen molar-refractivity contribution in [1.82, 2.24) is 4.31 Å². The first-order chi connectivity index (χ1) is 16.3. The average Bonchev–Trinajstić information content (AvgIpc) is 2.84. The first-order valence-corrected chi connectivity index (χ1v) is 13.2. The van der Waals surface area contributed by atoms with Crippen molar-refractivity contribution >= 4 is 33.2 Å². The number of ether oxygens (including phenoxy) is 1. The Morgan fingerprint density at radius 3 is 2.62 bits per heavy atom. The summed E-state index contributed by atoms with van der Waals surface area (Å²) in [7, 11) is -3.86. The van der Waals surface area contributed by atoms with Crippen molar-refractivity contribution in [2.45, 2.75) is 51.0 Å². The summed E-state index contributed by atoms with van der Waals surface area (Å²) in [5.41, 5.74) is 1.80. The van der Waals surface area contributed by atoms with Gasteiger partial charge in [0, 0.05) is 31.4 Å². The van der Waals surface area contributed by atoms with Crippen LogP contribution in [0.2, 0.25) is 0 Å². The number of nitrogens with one attached hydrogen (secondary N) is 1. The summed E-state index contributed by atoms with van der Waals surface area (Å²) in [4.78, 5) is 27.3. The minimum absolute atomic E-state index is 0.0624. The van der Waals surface area contributed by atoms with E-state index in [0.717, 1.165) is 5.69 Å². The predicted molar refractivity (Wildman–Crippen MR) is 130 cm³/mol. The van der Waals surface area contributed by atoms with Crippen LogP contribution in [0.5, 0.6) is 5.75 Å². The summed E-state index contributed by atoms with van der Waals surface area (Å²) >= 11 is 0. The Labute approximate surface area is 200 Å². The predicted octanol–water partition coefficient (Wildman–Crippen LogP) is 3.56. The lowest BCUT2D eigenvalue weighted by Crippen LogP contribution is -2.47. The van der Waals surface area contributed by atoms with Gasteiger partial charge in [-0.05, 0) is 56.9 Å². The Morgan fingerprint density at radius 1 is 1.21 bits per heavy atom. The number of anilines is 2. The van der Waals surface area contributed by atoms with Gasteiger partial charge in [0.15, 0.2) is 6.10 Å². The highest BCUT2D eigenvalue weighted by atomic mass is 32.2. The summed E-state index contributed by atoms with van der Waals surface area (Å²) in [5, 5.41) is 2.79. The monoisotopic (exact) mass is 485 g/mol. The molecule has 2 amide bonds. The molecule has 0 bridgehead atoms. The molecule has 1 N–H and O–H groups in total. The molecule has 34 heavy (non-hydrogen) atoms. The molecule has 0 unspecified atom stereocenters. The number of fused-ring (bicyclic) bond motifs is 1. The SMILES string of the molecule is CC[C@@H]1Oc2cc(S(=O)(=O)N3CCC[C@H](C(=O)N(CC)c4ccccc4)C3)c(C)cc2NC1=O. The third kappa shape index (κ3) is 4.54. The largest absolute Gasteiger partial charge is 0.478 e. The lowest BCUT2D eigenvalue weighted by molar-refractivity contribution is -0.124. The van der Waals surface area contributed by atoms with Gasteiger partial charge in [-0.3, -0.25) is 9.59 Å². The normalized spacial score (nSPS) is 20.7. The number of nitrogens with zero attached hydrogens (tertiary/aromatic N) is 2. The van der Waals surface area contributed by atoms with E-state index >= 15 is 0 Å². The van der Waals surface area contributed by atoms with Gasteiger partial charge in [0.1, 0.15) is 5.75 Å². The molecule has 2 aromatic rings. The molecule has 0 radical (unpaired) electrons. The van der Waals surface area contributed by atoms with E-state index in [1.54, 1.807) is 17.9 Å². The molecule has 0 aromatic heterocycles. The van der Waals surface area contributed by atoms with Crippen LogP contribution in [0.1, 0.15) is 38.7 Å². The van der Waals surface area contributed by atoms with Gasteiger partial charge in [-0.15, -0.1) is 0 Å². The average molecular weight is 486 g/mol. The molecule has 0 spiro atoms. The second kappa shape index (κ2) is 9.76. The molecule has 0 aliphatic carbocycles. The van der Waals surface area contributed by atoms with Crippen LogP contribution < -0.4 is 15.0 Å². The van der Waals surface area contributed by atoms with Gasteiger partial charge in [0.25, 0.3) is 5.91 Å². The number of hydrogen-bond acceptors (Lipinski definition) is 5. The molecule has 8 nitrogen and oxygen atoms in total. The van der Waals surface area contributed by atoms with Crippen LogP contribution in [0.4, 0.5) is 11.4 Å². The standard InChI is InChI=1S/C25H31N3O5S/c1-4-21-24(29)26-20-14-17(3)23(15-22(20)33-21)34(31,32)27-13-9-10-18(16-27)25(30)28(5-2)19-11-7-6-8-12-19/h6-8,11-12,14-15,18,21H,4-5,9-10,13,16H2,1-3H3,(H,26,29)/t18-,21-/m0/s1. The van der Waals surface area contributed by atoms with E-state index in [1.807, 2.05) is 44.2 Å². The third-order valence-electron chi connectivity index (χ3n) is 6.47. The van der Waals surface area contributed by atoms with Crippen LogP contribution in [-0.4, -0.2) is 50.3 Å². The topological polar surface area (TPSA) is 96.0 Å². The zero-order valence-corrected chi connectivity index (χ0v) is 20.6. The highest BCUT2D eigenvalue weighted by Crippen LogP contribution is 2.37. The number of benzene rings is 2. The number of para-hydroxylation sites is 1. The lowest BCUT2D eigenvalue weighted by Gasteiger charge is -2.34. The van der Waals surface area contributed by atoms with Crippen molar-refractivity contribution in [3.63, 3.8) is 0 Å². The van der Waals surface area contributed by atoms with Crippen LogP contribution >= 0.6 is 0 Å². The second-order valence-electron chi connectivity index (χ2n) is 8.74. The first kappa shape index (κ1) is 24.2. The molecule has 4 rings (SSSR count). The maximum Gasteiger partial charge on any atom is 0.265 e. The first-order valence-electron chi connectivity index (χ1n) is 11.7. The molecule has 2 aliphatic heterocycles. The van der Waals surface area contributed by atoms with E-state index in [1.165, 1.54) is 10.4 Å². The van der Waals surface area contributed by atoms with Gasteiger partial charge in [-0.25, -0.2) is 8.42 Å². The van der Waals surface area contributed by atoms with Gasteiger partial charge in [0.05, 0.1) is 16.5 Å². The van der Waals surface area contributed by atoms with Crippen molar-refractivity contribution in [2.75, 3.05) is 29.9 Å². The molecule has 9 heteroatoms. The minimum atomic E-state index is -3.86. The molecule has 1 fully saturated rings. The van der Waals surface area contributed by atoms with Crippen LogP contribution in [-0.2, 0) is 19.6 Å². The number of carbonyl (C=O) groups excluding carboxylic acids is 2. The van der Waals surface area contributed by atoms with Gasteiger partial charge in [-0.2, -0.15) is 4.31 Å². The fraction of sp³-hybridized carbons (Fsp3) is 0.440. The van der Waals surface area contributed by atoms with E-state index in [-0.39, 0.29) is 23.3 Å². The highest BCUT2D eigenvalue weighted by molar-refractivity contribution is 7.89. The molecule has 2 aliphatic rings. The number of amides is 2. The van der Waals surface area contributed by atoms with Crippen LogP contribution in [0.3, 0.4) is 0 Å². The van der Waals surface area contributed by atoms with Gasteiger partial charge in [0.2, 0.25) is 15.9 Å². The highest BCUT2D eigenvalue weighted by Gasteiger charge is 2.37. The van der Waals surface area contributed by atoms with E-state index in [2.05, 4.69) is 5.32 Å². The molecule has 1 saturated heterocycles. The van der Waals surface area contributed by atoms with E-state index in [0.29, 0.717) is 49.4 Å². The number of rotatable bonds is 6. The summed E-state index contributed by atoms with van der Waals surface area (Å²) < 4.78 is 34.5. The summed E-state index contributed by atoms with van der Waals surface area (Å²) in [6.07, 6.45) is 1.08. The van der Waals surface area contributed by atoms with Crippen molar-refractivity contribution in [3.8, 4) is 5.75 Å². The van der Waals surface area contributed by atoms with Crippen molar-refractivity contribution < 1.29 is 22.7 Å². The Hall–Kier alpha value is -2.91. The molecule has 2 aromatic carbocycles. The molecule has 2 heterocycles. The Balaban J connectivity index is 1.58. The second-order valence-corrected chi connectivity index (χ2v) is 10.6. The van der Waals surface area contributed by atoms with Gasteiger partial charge < -0.3 is 15.0 Å². The van der Waals surface area contributed by atoms with Crippen molar-refractivity contribution in [3.05, 3.63) is 48.0 Å². The maximum atomic E-state index is 13.6. The summed E-state index contributed by atoms with van der Waals surface area (Å²) in [5.74, 6) is -0.364. The molecule has 0 saturated carbocycles. The number of hydrogen-bond donors (Lipinski definition) is 1. The van der Waals surface area contributed by atoms with E-state index in [9.17, 15) is 18.0 Å². The van der Waals surface area contributed by atoms with Crippen LogP contribution in [0.25, 0.3) is 0 Å². The van der Waals surface area contributed by atoms with Crippen molar-refractivity contribution in [2.24, 2.45) is 5.92 Å². The van der Waals surface area contributed by atoms with E-state index < -0.39 is 22.0 Å². The quantitative estimate of drug-likeness (QED) is 0.675. The maximum absolute atomic E-state index is 13.6. The minimum Gasteiger partial charge on any atom is -0.478 e. The third-order valence-corrected chi connectivity index (χ3v) is 8.48. The summed E-state index contributed by atoms with van der Waals surface area (Å²) in [6.45, 7) is 6.46. The fourth-order valence-electron chi connectivity index (χ4n) is 4.63. The van der Waals surface area contributed by atoms with Crippen LogP contribution in [0.15, 0.2) is 47.4 Å². The van der Waals surface area contributed by atoms with Gasteiger partial charge in [-0.1, -0.05) is 25.1 Å². The molecular weight excluding hydrogens is 454 g/mol. The number of aryl methyl sites for hydroxylation is 1. The zero-order valence-electron chi connectivity index (χ0n) is 19.8. The number of sulfonamides is 1. The summed E-state index contributed by atoms with van der Waals surface area (Å²) in [6, 6.07) is 12.6. The number of piperidine rings is 1. The molecule has 2 atom stereocenters. The zero-order chi connectivity index (χ0) is 24.5. The Bertz CT molecular complexity index is 1180. The molecular formula is C25H31N3O5S. The Kier molecular flexibility index (Phi) is 6.95. The Morgan fingerprint density at radius 2 is 1.94 bits per heavy atom. The smallest absolute Gasteiger partial charge is 0.265 e. The number of carbonyl (C=O) groups is 2. The van der Waals surface area contributed by atoms with Gasteiger partial charge >= 0.3 is 0 Å². The fourth-order valence-corrected chi connectivity index (χ4v) is 6.37. The molecule has 182 valence electrons. The van der Waals surface area contributed by atoms with Crippen LogP contribution in [0, 0.1) is 12.8 Å². The van der Waals surface area contributed by atoms with E-state index in [4.69, 9.17) is 4.74 Å². The van der Waals surface area contributed by atoms with Crippen molar-refractivity contribution in [1.29, 1.82) is 0 Å².